The number of unbranched alkanes of at least 4 members (excludes halogenated alkanes) is 1. The Balaban J connectivity index is 0.00000169. The molecule has 0 saturated heterocycles. The molecule has 1 heterocycles. The first-order chi connectivity index (χ1) is 6.24. The molecule has 0 bridgehead atoms. The van der Waals surface area contributed by atoms with Gasteiger partial charge in [-0.2, -0.15) is 0 Å². The van der Waals surface area contributed by atoms with Crippen LogP contribution in [-0.2, 0) is 6.42 Å². The molecule has 0 saturated carbocycles. The maximum absolute atomic E-state index is 10.7. The van der Waals surface area contributed by atoms with Crippen LogP contribution in [0.1, 0.15) is 35.8 Å². The van der Waals surface area contributed by atoms with Crippen molar-refractivity contribution in [3.63, 3.8) is 0 Å². The van der Waals surface area contributed by atoms with E-state index in [1.807, 2.05) is 6.07 Å². The molecule has 1 rings (SSSR count). The molecule has 0 unspecified atom stereocenters. The van der Waals surface area contributed by atoms with Crippen LogP contribution in [0, 0.1) is 0 Å². The fourth-order valence-electron chi connectivity index (χ4n) is 1.07. The van der Waals surface area contributed by atoms with E-state index >= 15 is 0 Å². The minimum Gasteiger partial charge on any atom is -0.274 e. The van der Waals surface area contributed by atoms with E-state index in [0.29, 0.717) is 5.69 Å². The number of rotatable bonds is 4. The third-order valence-electron chi connectivity index (χ3n) is 1.85. The van der Waals surface area contributed by atoms with Crippen molar-refractivity contribution in [2.24, 2.45) is 0 Å². The van der Waals surface area contributed by atoms with Gasteiger partial charge >= 0.3 is 0 Å². The SMILES string of the molecule is CCCCc1ccc(C(=O)Cl)nc1.Cl. The standard InChI is InChI=1S/C10H12ClNO.ClH/c1-2-3-4-8-5-6-9(10(11)13)12-7-8;/h5-7H,2-4H2,1H3;1H. The van der Waals surface area contributed by atoms with Crippen LogP contribution < -0.4 is 0 Å². The second-order valence-corrected chi connectivity index (χ2v) is 3.27. The van der Waals surface area contributed by atoms with Gasteiger partial charge in [0.2, 0.25) is 0 Å². The quantitative estimate of drug-likeness (QED) is 0.748. The first kappa shape index (κ1) is 13.4. The summed E-state index contributed by atoms with van der Waals surface area (Å²) in [5.41, 5.74) is 1.48. The summed E-state index contributed by atoms with van der Waals surface area (Å²) in [5, 5.41) is -0.498. The van der Waals surface area contributed by atoms with Crippen molar-refractivity contribution in [2.75, 3.05) is 0 Å². The van der Waals surface area contributed by atoms with Gasteiger partial charge in [0.25, 0.3) is 5.24 Å². The van der Waals surface area contributed by atoms with Crippen molar-refractivity contribution < 1.29 is 4.79 Å². The molecule has 0 radical (unpaired) electrons. The number of hydrogen-bond acceptors (Lipinski definition) is 2. The molecule has 0 N–H and O–H groups in total. The van der Waals surface area contributed by atoms with E-state index in [4.69, 9.17) is 11.6 Å². The lowest BCUT2D eigenvalue weighted by molar-refractivity contribution is 0.107. The zero-order valence-electron chi connectivity index (χ0n) is 8.00. The van der Waals surface area contributed by atoms with Crippen molar-refractivity contribution in [1.82, 2.24) is 4.98 Å². The molecule has 0 aromatic carbocycles. The van der Waals surface area contributed by atoms with Gasteiger partial charge in [0.05, 0.1) is 0 Å². The van der Waals surface area contributed by atoms with Crippen molar-refractivity contribution in [2.45, 2.75) is 26.2 Å². The Morgan fingerprint density at radius 2 is 2.21 bits per heavy atom. The maximum atomic E-state index is 10.7. The average Bonchev–Trinajstić information content (AvgIpc) is 2.15. The Kier molecular flexibility index (Phi) is 6.50. The van der Waals surface area contributed by atoms with Gasteiger partial charge in [-0.15, -0.1) is 12.4 Å². The van der Waals surface area contributed by atoms with Crippen molar-refractivity contribution >= 4 is 29.3 Å². The molecule has 0 aliphatic carbocycles. The highest BCUT2D eigenvalue weighted by atomic mass is 35.5. The van der Waals surface area contributed by atoms with E-state index in [9.17, 15) is 4.79 Å². The van der Waals surface area contributed by atoms with Crippen LogP contribution >= 0.6 is 24.0 Å². The fourth-order valence-corrected chi connectivity index (χ4v) is 1.18. The van der Waals surface area contributed by atoms with Crippen molar-refractivity contribution in [3.8, 4) is 0 Å². The molecule has 4 heteroatoms. The monoisotopic (exact) mass is 233 g/mol. The number of carbonyl (C=O) groups excluding carboxylic acids is 1. The summed E-state index contributed by atoms with van der Waals surface area (Å²) in [6.45, 7) is 2.14. The van der Waals surface area contributed by atoms with Gasteiger partial charge in [-0.1, -0.05) is 19.4 Å². The molecule has 0 aliphatic heterocycles. The minimum atomic E-state index is -0.498. The lowest BCUT2D eigenvalue weighted by Gasteiger charge is -1.98. The second-order valence-electron chi connectivity index (χ2n) is 2.93. The predicted octanol–water partition coefficient (Wildman–Crippen LogP) is 3.23. The van der Waals surface area contributed by atoms with Crippen LogP contribution in [0.15, 0.2) is 18.3 Å². The van der Waals surface area contributed by atoms with Crippen molar-refractivity contribution in [3.05, 3.63) is 29.6 Å². The number of halogens is 2. The Morgan fingerprint density at radius 1 is 1.50 bits per heavy atom. The average molecular weight is 234 g/mol. The first-order valence-corrected chi connectivity index (χ1v) is 4.76. The van der Waals surface area contributed by atoms with E-state index in [2.05, 4.69) is 11.9 Å². The Morgan fingerprint density at radius 3 is 2.64 bits per heavy atom. The number of aromatic nitrogens is 1. The van der Waals surface area contributed by atoms with Crippen LogP contribution in [0.2, 0.25) is 0 Å². The van der Waals surface area contributed by atoms with E-state index < -0.39 is 5.24 Å². The van der Waals surface area contributed by atoms with Gasteiger partial charge in [-0.3, -0.25) is 9.78 Å². The number of hydrogen-bond donors (Lipinski definition) is 0. The topological polar surface area (TPSA) is 30.0 Å². The first-order valence-electron chi connectivity index (χ1n) is 4.38. The molecular formula is C10H13Cl2NO. The van der Waals surface area contributed by atoms with Crippen LogP contribution in [-0.4, -0.2) is 10.2 Å². The Labute approximate surface area is 95.1 Å². The highest BCUT2D eigenvalue weighted by Crippen LogP contribution is 2.06. The van der Waals surface area contributed by atoms with Gasteiger partial charge in [0, 0.05) is 6.20 Å². The number of pyridine rings is 1. The molecule has 0 fully saturated rings. The molecule has 0 amide bonds. The molecule has 1 aromatic rings. The van der Waals surface area contributed by atoms with E-state index in [1.165, 1.54) is 0 Å². The third kappa shape index (κ3) is 4.07. The Hall–Kier alpha value is -0.600. The molecule has 78 valence electrons. The highest BCUT2D eigenvalue weighted by Gasteiger charge is 2.01. The Bertz CT molecular complexity index is 285. The summed E-state index contributed by atoms with van der Waals surface area (Å²) in [4.78, 5) is 14.6. The molecule has 14 heavy (non-hydrogen) atoms. The summed E-state index contributed by atoms with van der Waals surface area (Å²) in [7, 11) is 0. The predicted molar refractivity (Wildman–Crippen MR) is 60.3 cm³/mol. The van der Waals surface area contributed by atoms with Crippen LogP contribution in [0.5, 0.6) is 0 Å². The smallest absolute Gasteiger partial charge is 0.270 e. The zero-order chi connectivity index (χ0) is 9.68. The molecule has 2 nitrogen and oxygen atoms in total. The van der Waals surface area contributed by atoms with Gasteiger partial charge < -0.3 is 0 Å². The lowest BCUT2D eigenvalue weighted by atomic mass is 10.1. The van der Waals surface area contributed by atoms with Gasteiger partial charge in [0.15, 0.2) is 0 Å². The van der Waals surface area contributed by atoms with E-state index in [1.54, 1.807) is 12.3 Å². The second kappa shape index (κ2) is 6.80. The highest BCUT2D eigenvalue weighted by molar-refractivity contribution is 6.67. The summed E-state index contributed by atoms with van der Waals surface area (Å²) in [6, 6.07) is 3.57. The number of carbonyl (C=O) groups is 1. The summed E-state index contributed by atoms with van der Waals surface area (Å²) >= 11 is 5.26. The molecule has 0 aliphatic rings. The third-order valence-corrected chi connectivity index (χ3v) is 2.04. The van der Waals surface area contributed by atoms with E-state index in [-0.39, 0.29) is 12.4 Å². The summed E-state index contributed by atoms with van der Waals surface area (Å²) in [5.74, 6) is 0. The van der Waals surface area contributed by atoms with Crippen molar-refractivity contribution in [1.29, 1.82) is 0 Å². The van der Waals surface area contributed by atoms with Crippen LogP contribution in [0.25, 0.3) is 0 Å². The summed E-state index contributed by atoms with van der Waals surface area (Å²) < 4.78 is 0. The minimum absolute atomic E-state index is 0. The van der Waals surface area contributed by atoms with Crippen LogP contribution in [0.3, 0.4) is 0 Å². The lowest BCUT2D eigenvalue weighted by Crippen LogP contribution is -1.94. The van der Waals surface area contributed by atoms with Crippen LogP contribution in [0.4, 0.5) is 0 Å². The molecular weight excluding hydrogens is 221 g/mol. The summed E-state index contributed by atoms with van der Waals surface area (Å²) in [6.07, 6.45) is 5.04. The van der Waals surface area contributed by atoms with E-state index in [0.717, 1.165) is 24.8 Å². The normalized spacial score (nSPS) is 9.29. The maximum Gasteiger partial charge on any atom is 0.270 e. The van der Waals surface area contributed by atoms with Gasteiger partial charge in [0.1, 0.15) is 5.69 Å². The number of aryl methyl sites for hydroxylation is 1. The number of nitrogens with zero attached hydrogens (tertiary/aromatic N) is 1. The zero-order valence-corrected chi connectivity index (χ0v) is 9.57. The molecule has 1 aromatic heterocycles. The van der Waals surface area contributed by atoms with Gasteiger partial charge in [-0.05, 0) is 36.1 Å². The largest absolute Gasteiger partial charge is 0.274 e. The molecule has 0 atom stereocenters. The fraction of sp³-hybridized carbons (Fsp3) is 0.400. The van der Waals surface area contributed by atoms with Gasteiger partial charge in [-0.25, -0.2) is 0 Å². The molecule has 0 spiro atoms.